The lowest BCUT2D eigenvalue weighted by atomic mass is 10.1. The van der Waals surface area contributed by atoms with E-state index in [0.29, 0.717) is 6.54 Å². The Hall–Kier alpha value is -4.32. The number of benzene rings is 3. The van der Waals surface area contributed by atoms with Gasteiger partial charge in [0.15, 0.2) is 0 Å². The van der Waals surface area contributed by atoms with Gasteiger partial charge >= 0.3 is 0 Å². The lowest BCUT2D eigenvalue weighted by Crippen LogP contribution is -2.51. The van der Waals surface area contributed by atoms with Gasteiger partial charge in [0.05, 0.1) is 15.5 Å². The van der Waals surface area contributed by atoms with Crippen LogP contribution in [-0.4, -0.2) is 49.2 Å². The van der Waals surface area contributed by atoms with Crippen molar-refractivity contribution in [1.82, 2.24) is 10.2 Å². The molecule has 2 amide bonds. The molecule has 0 aromatic heterocycles. The number of carbonyl (C=O) groups excluding carboxylic acids is 2. The highest BCUT2D eigenvalue weighted by Crippen LogP contribution is 2.26. The molecule has 0 bridgehead atoms. The number of carbonyl (C=O) groups is 2. The first kappa shape index (κ1) is 30.2. The van der Waals surface area contributed by atoms with Crippen molar-refractivity contribution in [3.63, 3.8) is 0 Å². The summed E-state index contributed by atoms with van der Waals surface area (Å²) < 4.78 is 42.8. The van der Waals surface area contributed by atoms with Gasteiger partial charge in [-0.15, -0.1) is 0 Å². The van der Waals surface area contributed by atoms with Crippen molar-refractivity contribution in [2.45, 2.75) is 44.2 Å². The number of unbranched alkanes of at least 4 members (excludes halogenated alkanes) is 1. The molecule has 1 atom stereocenters. The number of halogens is 1. The van der Waals surface area contributed by atoms with Crippen LogP contribution in [0, 0.1) is 15.9 Å². The summed E-state index contributed by atoms with van der Waals surface area (Å²) in [7, 11) is -4.32. The van der Waals surface area contributed by atoms with E-state index in [0.717, 1.165) is 34.2 Å². The summed E-state index contributed by atoms with van der Waals surface area (Å²) >= 11 is 0. The first-order valence-electron chi connectivity index (χ1n) is 12.7. The van der Waals surface area contributed by atoms with Crippen LogP contribution >= 0.6 is 0 Å². The van der Waals surface area contributed by atoms with Crippen LogP contribution in [0.25, 0.3) is 0 Å². The largest absolute Gasteiger partial charge is 0.354 e. The number of hydrogen-bond acceptors (Lipinski definition) is 6. The van der Waals surface area contributed by atoms with E-state index in [1.54, 1.807) is 12.1 Å². The number of non-ortho nitro benzene ring substituents is 1. The molecule has 0 radical (unpaired) electrons. The molecule has 0 heterocycles. The molecule has 40 heavy (non-hydrogen) atoms. The summed E-state index contributed by atoms with van der Waals surface area (Å²) in [4.78, 5) is 38.2. The third kappa shape index (κ3) is 7.41. The summed E-state index contributed by atoms with van der Waals surface area (Å²) in [6.45, 7) is 2.81. The number of sulfonamides is 1. The highest BCUT2D eigenvalue weighted by atomic mass is 32.2. The number of hydrogen-bond donors (Lipinski definition) is 1. The van der Waals surface area contributed by atoms with Gasteiger partial charge < -0.3 is 10.2 Å². The quantitative estimate of drug-likeness (QED) is 0.186. The van der Waals surface area contributed by atoms with E-state index < -0.39 is 45.2 Å². The highest BCUT2D eigenvalue weighted by molar-refractivity contribution is 7.92. The molecule has 212 valence electrons. The number of amides is 2. The molecule has 3 aromatic carbocycles. The number of nitro benzene ring substituents is 1. The van der Waals surface area contributed by atoms with E-state index in [1.807, 2.05) is 6.92 Å². The number of nitrogens with one attached hydrogen (secondary N) is 1. The topological polar surface area (TPSA) is 130 Å². The van der Waals surface area contributed by atoms with Crippen LogP contribution in [0.3, 0.4) is 0 Å². The Morgan fingerprint density at radius 2 is 1.62 bits per heavy atom. The third-order valence-corrected chi connectivity index (χ3v) is 8.04. The number of rotatable bonds is 13. The number of anilines is 1. The van der Waals surface area contributed by atoms with Gasteiger partial charge in [-0.25, -0.2) is 12.8 Å². The monoisotopic (exact) mass is 570 g/mol. The molecule has 0 saturated heterocycles. The zero-order valence-corrected chi connectivity index (χ0v) is 23.0. The molecule has 0 aliphatic heterocycles. The van der Waals surface area contributed by atoms with Crippen molar-refractivity contribution in [1.29, 1.82) is 0 Å². The summed E-state index contributed by atoms with van der Waals surface area (Å²) in [6, 6.07) is 16.9. The van der Waals surface area contributed by atoms with Gasteiger partial charge in [-0.1, -0.05) is 49.7 Å². The second kappa shape index (κ2) is 13.7. The van der Waals surface area contributed by atoms with Crippen molar-refractivity contribution in [3.05, 3.63) is 100 Å². The fourth-order valence-electron chi connectivity index (χ4n) is 3.92. The molecule has 12 heteroatoms. The van der Waals surface area contributed by atoms with Crippen LogP contribution in [0.15, 0.2) is 83.8 Å². The van der Waals surface area contributed by atoms with Gasteiger partial charge in [0.2, 0.25) is 11.8 Å². The van der Waals surface area contributed by atoms with Gasteiger partial charge in [-0.2, -0.15) is 0 Å². The van der Waals surface area contributed by atoms with Crippen molar-refractivity contribution in [2.24, 2.45) is 0 Å². The van der Waals surface area contributed by atoms with Crippen LogP contribution in [0.1, 0.15) is 32.3 Å². The van der Waals surface area contributed by atoms with Crippen LogP contribution in [0.4, 0.5) is 15.8 Å². The maximum atomic E-state index is 14.6. The maximum absolute atomic E-state index is 14.6. The van der Waals surface area contributed by atoms with Crippen molar-refractivity contribution in [3.8, 4) is 0 Å². The average molecular weight is 571 g/mol. The van der Waals surface area contributed by atoms with E-state index in [4.69, 9.17) is 0 Å². The first-order chi connectivity index (χ1) is 19.1. The third-order valence-electron chi connectivity index (χ3n) is 6.25. The lowest BCUT2D eigenvalue weighted by Gasteiger charge is -2.32. The minimum absolute atomic E-state index is 0.00805. The molecule has 3 rings (SSSR count). The van der Waals surface area contributed by atoms with Crippen LogP contribution in [0.5, 0.6) is 0 Å². The van der Waals surface area contributed by atoms with E-state index in [1.165, 1.54) is 61.5 Å². The molecule has 1 unspecified atom stereocenters. The van der Waals surface area contributed by atoms with Crippen molar-refractivity contribution in [2.75, 3.05) is 17.4 Å². The normalized spacial score (nSPS) is 11.9. The molecule has 0 spiro atoms. The van der Waals surface area contributed by atoms with Gasteiger partial charge in [0, 0.05) is 30.8 Å². The van der Waals surface area contributed by atoms with E-state index in [2.05, 4.69) is 5.32 Å². The standard InChI is InChI=1S/C28H31FN4O6S/c1-3-4-18-30-28(35)21(2)31(19-22-10-8-9-13-26(22)29)27(34)20-32(23-14-16-24(17-15-23)33(36)37)40(38,39)25-11-6-5-7-12-25/h5-17,21H,3-4,18-20H2,1-2H3,(H,30,35). The highest BCUT2D eigenvalue weighted by Gasteiger charge is 2.33. The molecule has 3 aromatic rings. The van der Waals surface area contributed by atoms with E-state index in [-0.39, 0.29) is 28.4 Å². The molecule has 1 N–H and O–H groups in total. The van der Waals surface area contributed by atoms with Crippen molar-refractivity contribution >= 4 is 33.2 Å². The predicted molar refractivity (Wildman–Crippen MR) is 148 cm³/mol. The summed E-state index contributed by atoms with van der Waals surface area (Å²) in [5.74, 6) is -1.81. The van der Waals surface area contributed by atoms with Crippen LogP contribution < -0.4 is 9.62 Å². The SMILES string of the molecule is CCCCNC(=O)C(C)N(Cc1ccccc1F)C(=O)CN(c1ccc([N+](=O)[O-])cc1)S(=O)(=O)c1ccccc1. The molecule has 0 aliphatic carbocycles. The molecular formula is C28H31FN4O6S. The molecule has 0 saturated carbocycles. The zero-order chi connectivity index (χ0) is 29.3. The first-order valence-corrected chi connectivity index (χ1v) is 14.1. The molecular weight excluding hydrogens is 539 g/mol. The molecule has 10 nitrogen and oxygen atoms in total. The Bertz CT molecular complexity index is 1430. The molecule has 0 aliphatic rings. The van der Waals surface area contributed by atoms with Gasteiger partial charge in [-0.05, 0) is 43.7 Å². The fraction of sp³-hybridized carbons (Fsp3) is 0.286. The second-order valence-corrected chi connectivity index (χ2v) is 10.9. The summed E-state index contributed by atoms with van der Waals surface area (Å²) in [5, 5.41) is 13.9. The molecule has 0 fully saturated rings. The second-order valence-electron chi connectivity index (χ2n) is 9.03. The predicted octanol–water partition coefficient (Wildman–Crippen LogP) is 4.26. The number of nitro groups is 1. The summed E-state index contributed by atoms with van der Waals surface area (Å²) in [6.07, 6.45) is 1.57. The Morgan fingerprint density at radius 1 is 1.00 bits per heavy atom. The maximum Gasteiger partial charge on any atom is 0.269 e. The van der Waals surface area contributed by atoms with Gasteiger partial charge in [-0.3, -0.25) is 24.0 Å². The fourth-order valence-corrected chi connectivity index (χ4v) is 5.35. The van der Waals surface area contributed by atoms with E-state index >= 15 is 0 Å². The minimum Gasteiger partial charge on any atom is -0.354 e. The van der Waals surface area contributed by atoms with Gasteiger partial charge in [0.1, 0.15) is 18.4 Å². The smallest absolute Gasteiger partial charge is 0.269 e. The Balaban J connectivity index is 2.02. The van der Waals surface area contributed by atoms with Crippen LogP contribution in [0.2, 0.25) is 0 Å². The van der Waals surface area contributed by atoms with Crippen molar-refractivity contribution < 1.29 is 27.3 Å². The average Bonchev–Trinajstić information content (AvgIpc) is 2.95. The van der Waals surface area contributed by atoms with Gasteiger partial charge in [0.25, 0.3) is 15.7 Å². The summed E-state index contributed by atoms with van der Waals surface area (Å²) in [5.41, 5.74) is -0.101. The lowest BCUT2D eigenvalue weighted by molar-refractivity contribution is -0.384. The Morgan fingerprint density at radius 3 is 2.23 bits per heavy atom. The Kier molecular flexibility index (Phi) is 10.3. The number of nitrogens with zero attached hydrogens (tertiary/aromatic N) is 3. The zero-order valence-electron chi connectivity index (χ0n) is 22.2. The van der Waals surface area contributed by atoms with Crippen LogP contribution in [-0.2, 0) is 26.2 Å². The minimum atomic E-state index is -4.32. The Labute approximate surface area is 232 Å². The van der Waals surface area contributed by atoms with E-state index in [9.17, 15) is 32.5 Å².